The van der Waals surface area contributed by atoms with E-state index in [4.69, 9.17) is 4.52 Å². The third kappa shape index (κ3) is 2.74. The van der Waals surface area contributed by atoms with E-state index < -0.39 is 0 Å². The van der Waals surface area contributed by atoms with Crippen molar-refractivity contribution in [3.05, 3.63) is 72.2 Å². The van der Waals surface area contributed by atoms with Crippen LogP contribution < -0.4 is 4.90 Å². The van der Waals surface area contributed by atoms with E-state index in [1.165, 1.54) is 17.0 Å². The van der Waals surface area contributed by atoms with Crippen molar-refractivity contribution in [2.75, 3.05) is 11.9 Å². The highest BCUT2D eigenvalue weighted by molar-refractivity contribution is 6.04. The third-order valence-electron chi connectivity index (χ3n) is 3.31. The standard InChI is InChI=1S/C17H13FN2O2/c1-20(14-5-3-2-4-6-14)17(21)15-11-16(22-19-15)12-7-9-13(18)10-8-12/h2-11H,1H3. The topological polar surface area (TPSA) is 46.3 Å². The number of hydrogen-bond donors (Lipinski definition) is 0. The molecule has 0 saturated carbocycles. The predicted molar refractivity (Wildman–Crippen MR) is 81.1 cm³/mol. The number of nitrogens with zero attached hydrogens (tertiary/aromatic N) is 2. The van der Waals surface area contributed by atoms with Crippen molar-refractivity contribution in [3.63, 3.8) is 0 Å². The van der Waals surface area contributed by atoms with Gasteiger partial charge in [-0.25, -0.2) is 4.39 Å². The first kappa shape index (κ1) is 14.0. The molecule has 0 radical (unpaired) electrons. The molecule has 3 aromatic rings. The smallest absolute Gasteiger partial charge is 0.280 e. The highest BCUT2D eigenvalue weighted by atomic mass is 19.1. The Hall–Kier alpha value is -2.95. The van der Waals surface area contributed by atoms with Crippen LogP contribution in [-0.4, -0.2) is 18.1 Å². The van der Waals surface area contributed by atoms with Crippen LogP contribution in [0, 0.1) is 5.82 Å². The van der Waals surface area contributed by atoms with Gasteiger partial charge in [0.15, 0.2) is 11.5 Å². The molecule has 0 bridgehead atoms. The highest BCUT2D eigenvalue weighted by Gasteiger charge is 2.18. The van der Waals surface area contributed by atoms with E-state index in [1.54, 1.807) is 25.2 Å². The average Bonchev–Trinajstić information content (AvgIpc) is 3.05. The van der Waals surface area contributed by atoms with Crippen LogP contribution in [0.25, 0.3) is 11.3 Å². The fraction of sp³-hybridized carbons (Fsp3) is 0.0588. The Labute approximate surface area is 126 Å². The quantitative estimate of drug-likeness (QED) is 0.739. The molecular formula is C17H13FN2O2. The number of carbonyl (C=O) groups is 1. The molecular weight excluding hydrogens is 283 g/mol. The zero-order chi connectivity index (χ0) is 15.5. The van der Waals surface area contributed by atoms with Crippen LogP contribution in [0.1, 0.15) is 10.5 Å². The minimum absolute atomic E-state index is 0.200. The normalized spacial score (nSPS) is 10.5. The molecule has 5 heteroatoms. The molecule has 1 aromatic heterocycles. The van der Waals surface area contributed by atoms with E-state index in [-0.39, 0.29) is 17.4 Å². The number of hydrogen-bond acceptors (Lipinski definition) is 3. The molecule has 1 heterocycles. The fourth-order valence-corrected chi connectivity index (χ4v) is 2.07. The molecule has 22 heavy (non-hydrogen) atoms. The van der Waals surface area contributed by atoms with Gasteiger partial charge in [-0.05, 0) is 36.4 Å². The summed E-state index contributed by atoms with van der Waals surface area (Å²) < 4.78 is 18.1. The lowest BCUT2D eigenvalue weighted by Gasteiger charge is -2.15. The first-order valence-electron chi connectivity index (χ1n) is 6.71. The van der Waals surface area contributed by atoms with Crippen molar-refractivity contribution in [2.45, 2.75) is 0 Å². The second-order valence-corrected chi connectivity index (χ2v) is 4.78. The summed E-state index contributed by atoms with van der Waals surface area (Å²) in [6.07, 6.45) is 0. The van der Waals surface area contributed by atoms with Gasteiger partial charge in [0.1, 0.15) is 5.82 Å². The zero-order valence-corrected chi connectivity index (χ0v) is 11.9. The van der Waals surface area contributed by atoms with Crippen molar-refractivity contribution >= 4 is 11.6 Å². The summed E-state index contributed by atoms with van der Waals surface area (Å²) in [6, 6.07) is 16.6. The molecule has 3 rings (SSSR count). The molecule has 0 unspecified atom stereocenters. The number of anilines is 1. The fourth-order valence-electron chi connectivity index (χ4n) is 2.07. The number of para-hydroxylation sites is 1. The second kappa shape index (κ2) is 5.81. The maximum absolute atomic E-state index is 12.9. The van der Waals surface area contributed by atoms with Crippen LogP contribution >= 0.6 is 0 Å². The van der Waals surface area contributed by atoms with Gasteiger partial charge in [-0.15, -0.1) is 0 Å². The summed E-state index contributed by atoms with van der Waals surface area (Å²) in [5, 5.41) is 3.80. The number of carbonyl (C=O) groups excluding carboxylic acids is 1. The lowest BCUT2D eigenvalue weighted by atomic mass is 10.1. The molecule has 0 spiro atoms. The summed E-state index contributed by atoms with van der Waals surface area (Å²) in [7, 11) is 1.67. The van der Waals surface area contributed by atoms with Gasteiger partial charge in [-0.2, -0.15) is 0 Å². The Kier molecular flexibility index (Phi) is 3.70. The Bertz CT molecular complexity index is 782. The largest absolute Gasteiger partial charge is 0.355 e. The van der Waals surface area contributed by atoms with E-state index in [0.717, 1.165) is 5.69 Å². The van der Waals surface area contributed by atoms with Gasteiger partial charge < -0.3 is 9.42 Å². The van der Waals surface area contributed by atoms with Gasteiger partial charge in [0.05, 0.1) is 0 Å². The Balaban J connectivity index is 1.84. The predicted octanol–water partition coefficient (Wildman–Crippen LogP) is 3.76. The molecule has 0 fully saturated rings. The van der Waals surface area contributed by atoms with Gasteiger partial charge in [-0.1, -0.05) is 23.4 Å². The molecule has 0 saturated heterocycles. The number of halogens is 1. The SMILES string of the molecule is CN(C(=O)c1cc(-c2ccc(F)cc2)on1)c1ccccc1. The van der Waals surface area contributed by atoms with E-state index >= 15 is 0 Å². The first-order valence-corrected chi connectivity index (χ1v) is 6.71. The molecule has 4 nitrogen and oxygen atoms in total. The molecule has 110 valence electrons. The second-order valence-electron chi connectivity index (χ2n) is 4.78. The van der Waals surface area contributed by atoms with Crippen molar-refractivity contribution < 1.29 is 13.7 Å². The van der Waals surface area contributed by atoms with Gasteiger partial charge in [0, 0.05) is 24.4 Å². The minimum atomic E-state index is -0.330. The molecule has 0 aliphatic heterocycles. The van der Waals surface area contributed by atoms with Crippen molar-refractivity contribution in [3.8, 4) is 11.3 Å². The van der Waals surface area contributed by atoms with Gasteiger partial charge in [-0.3, -0.25) is 4.79 Å². The Morgan fingerprint density at radius 2 is 1.77 bits per heavy atom. The monoisotopic (exact) mass is 296 g/mol. The summed E-state index contributed by atoms with van der Waals surface area (Å²) in [4.78, 5) is 13.9. The molecule has 2 aromatic carbocycles. The summed E-state index contributed by atoms with van der Waals surface area (Å²) in [6.45, 7) is 0. The molecule has 0 aliphatic rings. The average molecular weight is 296 g/mol. The zero-order valence-electron chi connectivity index (χ0n) is 11.9. The maximum Gasteiger partial charge on any atom is 0.280 e. The number of aromatic nitrogens is 1. The minimum Gasteiger partial charge on any atom is -0.355 e. The van der Waals surface area contributed by atoms with Gasteiger partial charge in [0.2, 0.25) is 0 Å². The number of amides is 1. The van der Waals surface area contributed by atoms with Crippen LogP contribution in [0.3, 0.4) is 0 Å². The molecule has 1 amide bonds. The Morgan fingerprint density at radius 1 is 1.09 bits per heavy atom. The lowest BCUT2D eigenvalue weighted by Crippen LogP contribution is -2.26. The van der Waals surface area contributed by atoms with Crippen LogP contribution in [0.5, 0.6) is 0 Å². The number of benzene rings is 2. The van der Waals surface area contributed by atoms with Crippen molar-refractivity contribution in [1.29, 1.82) is 0 Å². The molecule has 0 N–H and O–H groups in total. The van der Waals surface area contributed by atoms with Gasteiger partial charge >= 0.3 is 0 Å². The van der Waals surface area contributed by atoms with E-state index in [0.29, 0.717) is 11.3 Å². The number of rotatable bonds is 3. The van der Waals surface area contributed by atoms with Crippen molar-refractivity contribution in [1.82, 2.24) is 5.16 Å². The van der Waals surface area contributed by atoms with Crippen LogP contribution in [-0.2, 0) is 0 Å². The van der Waals surface area contributed by atoms with E-state index in [2.05, 4.69) is 5.16 Å². The highest BCUT2D eigenvalue weighted by Crippen LogP contribution is 2.22. The van der Waals surface area contributed by atoms with Gasteiger partial charge in [0.25, 0.3) is 5.91 Å². The summed E-state index contributed by atoms with van der Waals surface area (Å²) in [5.74, 6) is -0.184. The maximum atomic E-state index is 12.9. The first-order chi connectivity index (χ1) is 10.6. The van der Waals surface area contributed by atoms with E-state index in [9.17, 15) is 9.18 Å². The Morgan fingerprint density at radius 3 is 2.45 bits per heavy atom. The lowest BCUT2D eigenvalue weighted by molar-refractivity contribution is 0.0984. The molecule has 0 aliphatic carbocycles. The van der Waals surface area contributed by atoms with Crippen LogP contribution in [0.2, 0.25) is 0 Å². The summed E-state index contributed by atoms with van der Waals surface area (Å²) >= 11 is 0. The summed E-state index contributed by atoms with van der Waals surface area (Å²) in [5.41, 5.74) is 1.62. The van der Waals surface area contributed by atoms with Crippen molar-refractivity contribution in [2.24, 2.45) is 0 Å². The van der Waals surface area contributed by atoms with Crippen LogP contribution in [0.4, 0.5) is 10.1 Å². The van der Waals surface area contributed by atoms with Crippen LogP contribution in [0.15, 0.2) is 65.2 Å². The third-order valence-corrected chi connectivity index (χ3v) is 3.31. The molecule has 0 atom stereocenters. The van der Waals surface area contributed by atoms with E-state index in [1.807, 2.05) is 30.3 Å².